The van der Waals surface area contributed by atoms with Gasteiger partial charge < -0.3 is 0 Å². The number of rotatable bonds is 10. The molecule has 33 heavy (non-hydrogen) atoms. The van der Waals surface area contributed by atoms with Crippen LogP contribution in [-0.4, -0.2) is 34.1 Å². The van der Waals surface area contributed by atoms with Gasteiger partial charge in [0.15, 0.2) is 0 Å². The number of nitrogens with one attached hydrogen (secondary N) is 1. The number of benzene rings is 3. The van der Waals surface area contributed by atoms with Gasteiger partial charge in [0, 0.05) is 12.6 Å². The number of amides is 1. The van der Waals surface area contributed by atoms with Gasteiger partial charge in [0.1, 0.15) is 0 Å². The molecular weight excluding hydrogens is 460 g/mol. The fourth-order valence-corrected chi connectivity index (χ4v) is 5.75. The van der Waals surface area contributed by atoms with Crippen LogP contribution in [0, 0.1) is 13.8 Å². The lowest BCUT2D eigenvalue weighted by molar-refractivity contribution is -0.114. The van der Waals surface area contributed by atoms with E-state index in [4.69, 9.17) is 0 Å². The van der Waals surface area contributed by atoms with E-state index in [9.17, 15) is 21.6 Å². The third kappa shape index (κ3) is 6.07. The highest BCUT2D eigenvalue weighted by Crippen LogP contribution is 2.23. The third-order valence-electron chi connectivity index (χ3n) is 5.21. The predicted octanol–water partition coefficient (Wildman–Crippen LogP) is 3.56. The molecule has 3 aromatic rings. The summed E-state index contributed by atoms with van der Waals surface area (Å²) in [7, 11) is -7.94. The van der Waals surface area contributed by atoms with Crippen molar-refractivity contribution in [3.05, 3.63) is 95.6 Å². The SMILES string of the molecule is Cc1ccc(S(=O)(=O)N[C@H](CCN(C=O)S(=O)(=O)c2ccc(C)cc2)c2ccccc2)cc1. The van der Waals surface area contributed by atoms with Crippen molar-refractivity contribution >= 4 is 26.5 Å². The Hall–Kier alpha value is -3.01. The smallest absolute Gasteiger partial charge is 0.266 e. The van der Waals surface area contributed by atoms with Crippen LogP contribution < -0.4 is 4.72 Å². The molecule has 174 valence electrons. The van der Waals surface area contributed by atoms with Crippen LogP contribution in [0.5, 0.6) is 0 Å². The molecule has 0 spiro atoms. The lowest BCUT2D eigenvalue weighted by Gasteiger charge is -2.23. The van der Waals surface area contributed by atoms with Gasteiger partial charge in [-0.1, -0.05) is 65.7 Å². The number of hydrogen-bond acceptors (Lipinski definition) is 5. The Morgan fingerprint density at radius 3 is 1.82 bits per heavy atom. The number of nitrogens with zero attached hydrogens (tertiary/aromatic N) is 1. The van der Waals surface area contributed by atoms with Crippen molar-refractivity contribution in [2.24, 2.45) is 0 Å². The monoisotopic (exact) mass is 486 g/mol. The Morgan fingerprint density at radius 1 is 0.788 bits per heavy atom. The quantitative estimate of drug-likeness (QED) is 0.442. The second-order valence-electron chi connectivity index (χ2n) is 7.72. The Labute approximate surface area is 195 Å². The van der Waals surface area contributed by atoms with Crippen LogP contribution in [0.15, 0.2) is 88.7 Å². The van der Waals surface area contributed by atoms with Crippen molar-refractivity contribution in [1.82, 2.24) is 9.03 Å². The largest absolute Gasteiger partial charge is 0.278 e. The molecule has 1 amide bonds. The number of aryl methyl sites for hydroxylation is 2. The molecule has 7 nitrogen and oxygen atoms in total. The molecule has 0 aliphatic rings. The Balaban J connectivity index is 1.85. The Bertz CT molecular complexity index is 1290. The van der Waals surface area contributed by atoms with Crippen LogP contribution in [0.25, 0.3) is 0 Å². The topological polar surface area (TPSA) is 101 Å². The molecule has 3 rings (SSSR count). The molecule has 0 bridgehead atoms. The molecule has 9 heteroatoms. The molecule has 3 aromatic carbocycles. The highest BCUT2D eigenvalue weighted by atomic mass is 32.2. The van der Waals surface area contributed by atoms with E-state index in [0.717, 1.165) is 11.1 Å². The van der Waals surface area contributed by atoms with Gasteiger partial charge >= 0.3 is 0 Å². The molecule has 0 fully saturated rings. The first-order valence-electron chi connectivity index (χ1n) is 10.3. The highest BCUT2D eigenvalue weighted by Gasteiger charge is 2.26. The standard InChI is InChI=1S/C24H26N2O5S2/c1-19-8-12-22(13-9-19)32(28,29)25-24(21-6-4-3-5-7-21)16-17-26(18-27)33(30,31)23-14-10-20(2)11-15-23/h3-15,18,24-25H,16-17H2,1-2H3/t24-/m1/s1. The maximum Gasteiger partial charge on any atom is 0.266 e. The van der Waals surface area contributed by atoms with Gasteiger partial charge in [-0.3, -0.25) is 4.79 Å². The zero-order chi connectivity index (χ0) is 24.1. The van der Waals surface area contributed by atoms with Gasteiger partial charge in [0.25, 0.3) is 10.0 Å². The van der Waals surface area contributed by atoms with Crippen molar-refractivity contribution in [3.63, 3.8) is 0 Å². The molecule has 0 saturated heterocycles. The normalized spacial score (nSPS) is 12.8. The molecule has 0 aliphatic carbocycles. The second kappa shape index (κ2) is 10.3. The second-order valence-corrected chi connectivity index (χ2v) is 11.3. The Morgan fingerprint density at radius 2 is 1.30 bits per heavy atom. The first-order valence-corrected chi connectivity index (χ1v) is 13.2. The van der Waals surface area contributed by atoms with Crippen LogP contribution >= 0.6 is 0 Å². The minimum Gasteiger partial charge on any atom is -0.278 e. The van der Waals surface area contributed by atoms with E-state index < -0.39 is 26.1 Å². The van der Waals surface area contributed by atoms with Gasteiger partial charge in [-0.15, -0.1) is 0 Å². The van der Waals surface area contributed by atoms with E-state index in [1.807, 2.05) is 13.8 Å². The van der Waals surface area contributed by atoms with E-state index in [1.54, 1.807) is 54.6 Å². The zero-order valence-corrected chi connectivity index (χ0v) is 20.0. The Kier molecular flexibility index (Phi) is 7.68. The highest BCUT2D eigenvalue weighted by molar-refractivity contribution is 7.89. The first kappa shape index (κ1) is 24.6. The van der Waals surface area contributed by atoms with E-state index in [2.05, 4.69) is 4.72 Å². The summed E-state index contributed by atoms with van der Waals surface area (Å²) in [5, 5.41) is 0. The third-order valence-corrected chi connectivity index (χ3v) is 8.46. The molecule has 0 radical (unpaired) electrons. The summed E-state index contributed by atoms with van der Waals surface area (Å²) < 4.78 is 55.2. The van der Waals surface area contributed by atoms with Crippen LogP contribution in [-0.2, 0) is 24.8 Å². The fraction of sp³-hybridized carbons (Fsp3) is 0.208. The minimum absolute atomic E-state index is 0.00306. The number of carbonyl (C=O) groups excluding carboxylic acids is 1. The van der Waals surface area contributed by atoms with Gasteiger partial charge in [-0.2, -0.15) is 0 Å². The number of carbonyl (C=O) groups is 1. The summed E-state index contributed by atoms with van der Waals surface area (Å²) in [6, 6.07) is 20.7. The van der Waals surface area contributed by atoms with E-state index in [0.29, 0.717) is 9.87 Å². The average Bonchev–Trinajstić information content (AvgIpc) is 2.79. The lowest BCUT2D eigenvalue weighted by atomic mass is 10.1. The first-order chi connectivity index (χ1) is 15.6. The number of hydrogen-bond donors (Lipinski definition) is 1. The van der Waals surface area contributed by atoms with Crippen molar-refractivity contribution in [2.75, 3.05) is 6.54 Å². The summed E-state index contributed by atoms with van der Waals surface area (Å²) in [6.07, 6.45) is 0.310. The van der Waals surface area contributed by atoms with Gasteiger partial charge in [-0.05, 0) is 50.1 Å². The van der Waals surface area contributed by atoms with E-state index in [-0.39, 0.29) is 29.2 Å². The summed E-state index contributed by atoms with van der Waals surface area (Å²) in [4.78, 5) is 11.8. The van der Waals surface area contributed by atoms with Gasteiger partial charge in [0.2, 0.25) is 16.4 Å². The van der Waals surface area contributed by atoms with Crippen LogP contribution in [0.2, 0.25) is 0 Å². The molecule has 1 atom stereocenters. The van der Waals surface area contributed by atoms with Crippen LogP contribution in [0.1, 0.15) is 29.2 Å². The summed E-state index contributed by atoms with van der Waals surface area (Å²) in [6.45, 7) is 3.49. The van der Waals surface area contributed by atoms with Gasteiger partial charge in [-0.25, -0.2) is 25.9 Å². The molecule has 0 unspecified atom stereocenters. The predicted molar refractivity (Wildman–Crippen MR) is 126 cm³/mol. The minimum atomic E-state index is -4.06. The molecule has 0 aromatic heterocycles. The van der Waals surface area contributed by atoms with Crippen molar-refractivity contribution in [2.45, 2.75) is 36.1 Å². The van der Waals surface area contributed by atoms with E-state index >= 15 is 0 Å². The molecule has 0 heterocycles. The average molecular weight is 487 g/mol. The zero-order valence-electron chi connectivity index (χ0n) is 18.4. The van der Waals surface area contributed by atoms with Crippen molar-refractivity contribution in [1.29, 1.82) is 0 Å². The number of sulfonamides is 2. The van der Waals surface area contributed by atoms with Crippen molar-refractivity contribution < 1.29 is 21.6 Å². The summed E-state index contributed by atoms with van der Waals surface area (Å²) in [5.41, 5.74) is 2.48. The molecular formula is C24H26N2O5S2. The maximum absolute atomic E-state index is 13.0. The van der Waals surface area contributed by atoms with Crippen LogP contribution in [0.4, 0.5) is 0 Å². The molecule has 1 N–H and O–H groups in total. The molecule has 0 aliphatic heterocycles. The molecule has 0 saturated carbocycles. The van der Waals surface area contributed by atoms with Gasteiger partial charge in [0.05, 0.1) is 9.79 Å². The summed E-state index contributed by atoms with van der Waals surface area (Å²) >= 11 is 0. The van der Waals surface area contributed by atoms with Crippen LogP contribution in [0.3, 0.4) is 0 Å². The fourth-order valence-electron chi connectivity index (χ4n) is 3.28. The van der Waals surface area contributed by atoms with E-state index in [1.165, 1.54) is 24.3 Å². The van der Waals surface area contributed by atoms with Crippen molar-refractivity contribution in [3.8, 4) is 0 Å². The summed E-state index contributed by atoms with van der Waals surface area (Å²) in [5.74, 6) is 0. The lowest BCUT2D eigenvalue weighted by Crippen LogP contribution is -2.35. The maximum atomic E-state index is 13.0.